The first-order valence-corrected chi connectivity index (χ1v) is 31.2. The highest BCUT2D eigenvalue weighted by Gasteiger charge is 2.47. The van der Waals surface area contributed by atoms with Crippen LogP contribution in [0.2, 0.25) is 0 Å². The standard InChI is InChI=1S/C65H115NO10/c1-4-7-10-13-16-19-22-25-27-29-30-31-33-35-38-41-44-47-50-53-60(70)76-63-62(72)61(71)59(54-67)75-65(63)74-55-56(57(68)51-48-45-42-39-36-24-21-18-15-12-9-6-3)66-64(73)58(69)52-49-46-43-40-37-34-32-28-26-23-20-17-14-11-8-5-2/h7,10,16,19,25,27,30-31,35,38,48,51,56-59,61-63,65,67-69,71-72H,4-6,8-9,11-15,17-18,20-24,26,28-29,32-34,36-37,39-47,49-50,52-55H2,1-3H3,(H,66,73)/b10-7-,19-16-,27-25-,31-30-,38-35-,51-48+. The van der Waals surface area contributed by atoms with Gasteiger partial charge in [-0.15, -0.1) is 0 Å². The summed E-state index contributed by atoms with van der Waals surface area (Å²) in [4.78, 5) is 26.5. The van der Waals surface area contributed by atoms with Crippen molar-refractivity contribution in [1.82, 2.24) is 5.32 Å². The van der Waals surface area contributed by atoms with Crippen molar-refractivity contribution in [2.24, 2.45) is 0 Å². The van der Waals surface area contributed by atoms with Gasteiger partial charge in [0.15, 0.2) is 12.4 Å². The lowest BCUT2D eigenvalue weighted by Gasteiger charge is -2.41. The van der Waals surface area contributed by atoms with Gasteiger partial charge in [-0.1, -0.05) is 261 Å². The van der Waals surface area contributed by atoms with E-state index in [9.17, 15) is 35.1 Å². The van der Waals surface area contributed by atoms with Crippen LogP contribution in [0.15, 0.2) is 72.9 Å². The Morgan fingerprint density at radius 2 is 0.947 bits per heavy atom. The third-order valence-electron chi connectivity index (χ3n) is 14.4. The van der Waals surface area contributed by atoms with E-state index >= 15 is 0 Å². The number of allylic oxidation sites excluding steroid dienone is 11. The Hall–Kier alpha value is -2.90. The monoisotopic (exact) mass is 1070 g/mol. The Morgan fingerprint density at radius 1 is 0.526 bits per heavy atom. The lowest BCUT2D eigenvalue weighted by molar-refractivity contribution is -0.305. The number of aliphatic hydroxyl groups is 5. The molecule has 0 aromatic rings. The van der Waals surface area contributed by atoms with Crippen molar-refractivity contribution in [2.75, 3.05) is 13.2 Å². The Morgan fingerprint density at radius 3 is 1.42 bits per heavy atom. The summed E-state index contributed by atoms with van der Waals surface area (Å²) in [7, 11) is 0. The van der Waals surface area contributed by atoms with Crippen LogP contribution in [0.3, 0.4) is 0 Å². The molecule has 1 amide bonds. The third kappa shape index (κ3) is 40.3. The molecular formula is C65H115NO10. The summed E-state index contributed by atoms with van der Waals surface area (Å²) >= 11 is 0. The Bertz CT molecular complexity index is 1510. The molecule has 440 valence electrons. The van der Waals surface area contributed by atoms with E-state index in [1.165, 1.54) is 128 Å². The summed E-state index contributed by atoms with van der Waals surface area (Å²) in [6, 6.07) is -1.03. The molecule has 1 aliphatic heterocycles. The molecule has 11 heteroatoms. The number of aliphatic hydroxyl groups excluding tert-OH is 5. The van der Waals surface area contributed by atoms with Crippen LogP contribution in [0.5, 0.6) is 0 Å². The van der Waals surface area contributed by atoms with Crippen LogP contribution in [0.4, 0.5) is 0 Å². The largest absolute Gasteiger partial charge is 0.454 e. The summed E-state index contributed by atoms with van der Waals surface area (Å²) in [6.45, 7) is 5.67. The molecule has 1 heterocycles. The van der Waals surface area contributed by atoms with Crippen LogP contribution in [0, 0.1) is 0 Å². The molecule has 0 aromatic carbocycles. The highest BCUT2D eigenvalue weighted by molar-refractivity contribution is 5.80. The first-order chi connectivity index (χ1) is 37.2. The van der Waals surface area contributed by atoms with Gasteiger partial charge in [-0.3, -0.25) is 9.59 Å². The average molecular weight is 1070 g/mol. The van der Waals surface area contributed by atoms with Gasteiger partial charge in [-0.2, -0.15) is 0 Å². The molecule has 1 rings (SSSR count). The number of rotatable bonds is 52. The normalized spacial score (nSPS) is 19.6. The van der Waals surface area contributed by atoms with Gasteiger partial charge >= 0.3 is 5.97 Å². The number of unbranched alkanes of at least 4 members (excludes halogenated alkanes) is 28. The van der Waals surface area contributed by atoms with E-state index in [-0.39, 0.29) is 19.4 Å². The highest BCUT2D eigenvalue weighted by atomic mass is 16.7. The molecule has 1 saturated heterocycles. The van der Waals surface area contributed by atoms with Gasteiger partial charge < -0.3 is 45.1 Å². The average Bonchev–Trinajstić information content (AvgIpc) is 3.42. The fraction of sp³-hybridized carbons (Fsp3) is 0.785. The fourth-order valence-electron chi connectivity index (χ4n) is 9.44. The first-order valence-electron chi connectivity index (χ1n) is 31.2. The zero-order chi connectivity index (χ0) is 55.4. The summed E-state index contributed by atoms with van der Waals surface area (Å²) in [5.74, 6) is -1.22. The van der Waals surface area contributed by atoms with Crippen molar-refractivity contribution in [3.05, 3.63) is 72.9 Å². The van der Waals surface area contributed by atoms with Gasteiger partial charge in [0.1, 0.15) is 24.4 Å². The maximum atomic E-state index is 13.4. The minimum absolute atomic E-state index is 0.0830. The number of amides is 1. The van der Waals surface area contributed by atoms with Gasteiger partial charge in [0, 0.05) is 6.42 Å². The number of esters is 1. The molecule has 0 spiro atoms. The highest BCUT2D eigenvalue weighted by Crippen LogP contribution is 2.26. The second-order valence-electron chi connectivity index (χ2n) is 21.4. The van der Waals surface area contributed by atoms with E-state index in [1.807, 2.05) is 6.08 Å². The predicted octanol–water partition coefficient (Wildman–Crippen LogP) is 14.8. The molecule has 1 aliphatic rings. The number of hydrogen-bond donors (Lipinski definition) is 6. The van der Waals surface area contributed by atoms with E-state index in [2.05, 4.69) is 86.8 Å². The Kier molecular flexibility index (Phi) is 49.4. The van der Waals surface area contributed by atoms with Gasteiger partial charge in [0.05, 0.1) is 25.4 Å². The molecule has 0 radical (unpaired) electrons. The van der Waals surface area contributed by atoms with Crippen molar-refractivity contribution < 1.29 is 49.3 Å². The molecule has 8 unspecified atom stereocenters. The maximum absolute atomic E-state index is 13.4. The quantitative estimate of drug-likeness (QED) is 0.0195. The van der Waals surface area contributed by atoms with Gasteiger partial charge in [-0.05, 0) is 70.6 Å². The van der Waals surface area contributed by atoms with Crippen LogP contribution in [-0.2, 0) is 23.8 Å². The second-order valence-corrected chi connectivity index (χ2v) is 21.4. The van der Waals surface area contributed by atoms with E-state index in [0.29, 0.717) is 12.8 Å². The van der Waals surface area contributed by atoms with E-state index in [4.69, 9.17) is 14.2 Å². The van der Waals surface area contributed by atoms with Gasteiger partial charge in [0.2, 0.25) is 5.91 Å². The molecule has 6 N–H and O–H groups in total. The lowest BCUT2D eigenvalue weighted by Crippen LogP contribution is -2.61. The number of ether oxygens (including phenoxy) is 3. The third-order valence-corrected chi connectivity index (χ3v) is 14.4. The van der Waals surface area contributed by atoms with Crippen LogP contribution in [0.1, 0.15) is 265 Å². The lowest BCUT2D eigenvalue weighted by atomic mass is 9.99. The number of hydrogen-bond acceptors (Lipinski definition) is 10. The van der Waals surface area contributed by atoms with Crippen LogP contribution in [0.25, 0.3) is 0 Å². The van der Waals surface area contributed by atoms with Crippen molar-refractivity contribution in [2.45, 2.75) is 314 Å². The second kappa shape index (κ2) is 52.8. The zero-order valence-corrected chi connectivity index (χ0v) is 48.6. The molecule has 0 saturated carbocycles. The van der Waals surface area contributed by atoms with Crippen LogP contribution in [-0.4, -0.2) is 99.6 Å². The minimum Gasteiger partial charge on any atom is -0.454 e. The van der Waals surface area contributed by atoms with Crippen molar-refractivity contribution in [3.8, 4) is 0 Å². The van der Waals surface area contributed by atoms with E-state index in [1.54, 1.807) is 6.08 Å². The zero-order valence-electron chi connectivity index (χ0n) is 48.6. The number of carbonyl (C=O) groups is 2. The Balaban J connectivity index is 2.70. The SMILES string of the molecule is CC/C=C\C/C=C\C/C=C\C/C=C\C/C=C\CCCCCC(=O)OC1C(OCC(NC(=O)C(O)CCCCCCCCCCCCCCCCCC)C(O)/C=C/CCCCCCCCCCCC)OC(CO)C(O)C1O. The summed E-state index contributed by atoms with van der Waals surface area (Å²) in [5.41, 5.74) is 0. The fourth-order valence-corrected chi connectivity index (χ4v) is 9.44. The van der Waals surface area contributed by atoms with E-state index in [0.717, 1.165) is 89.9 Å². The Labute approximate surface area is 464 Å². The molecular weight excluding hydrogens is 955 g/mol. The van der Waals surface area contributed by atoms with Crippen molar-refractivity contribution in [1.29, 1.82) is 0 Å². The van der Waals surface area contributed by atoms with Crippen molar-refractivity contribution in [3.63, 3.8) is 0 Å². The molecule has 76 heavy (non-hydrogen) atoms. The van der Waals surface area contributed by atoms with E-state index < -0.39 is 67.4 Å². The maximum Gasteiger partial charge on any atom is 0.306 e. The summed E-state index contributed by atoms with van der Waals surface area (Å²) in [6.07, 6.45) is 56.5. The molecule has 8 atom stereocenters. The van der Waals surface area contributed by atoms with Crippen molar-refractivity contribution >= 4 is 11.9 Å². The summed E-state index contributed by atoms with van der Waals surface area (Å²) < 4.78 is 17.6. The molecule has 0 aromatic heterocycles. The smallest absolute Gasteiger partial charge is 0.306 e. The molecule has 0 bridgehead atoms. The van der Waals surface area contributed by atoms with Gasteiger partial charge in [0.25, 0.3) is 0 Å². The van der Waals surface area contributed by atoms with Crippen LogP contribution < -0.4 is 5.32 Å². The summed E-state index contributed by atoms with van der Waals surface area (Å²) in [5, 5.41) is 57.0. The topological polar surface area (TPSA) is 175 Å². The predicted molar refractivity (Wildman–Crippen MR) is 315 cm³/mol. The molecule has 11 nitrogen and oxygen atoms in total. The number of nitrogens with one attached hydrogen (secondary N) is 1. The minimum atomic E-state index is -1.63. The van der Waals surface area contributed by atoms with Gasteiger partial charge in [-0.25, -0.2) is 0 Å². The number of carbonyl (C=O) groups excluding carboxylic acids is 2. The van der Waals surface area contributed by atoms with Crippen LogP contribution >= 0.6 is 0 Å². The first kappa shape index (κ1) is 71.1. The molecule has 0 aliphatic carbocycles. The molecule has 1 fully saturated rings.